The fourth-order valence-electron chi connectivity index (χ4n) is 4.44. The highest BCUT2D eigenvalue weighted by Crippen LogP contribution is 2.34. The molecule has 4 rings (SSSR count). The van der Waals surface area contributed by atoms with Gasteiger partial charge in [0.15, 0.2) is 0 Å². The summed E-state index contributed by atoms with van der Waals surface area (Å²) in [6, 6.07) is 17.5. The van der Waals surface area contributed by atoms with Crippen molar-refractivity contribution in [1.82, 2.24) is 14.7 Å². The second kappa shape index (κ2) is 10.1. The van der Waals surface area contributed by atoms with Crippen LogP contribution >= 0.6 is 0 Å². The first kappa shape index (κ1) is 22.9. The van der Waals surface area contributed by atoms with Crippen molar-refractivity contribution in [2.24, 2.45) is 5.92 Å². The first-order chi connectivity index (χ1) is 16.0. The molecule has 174 valence electrons. The van der Waals surface area contributed by atoms with Gasteiger partial charge in [0, 0.05) is 18.0 Å². The van der Waals surface area contributed by atoms with Gasteiger partial charge in [-0.1, -0.05) is 37.1 Å². The number of ether oxygens (including phenoxy) is 2. The maximum atomic E-state index is 13.4. The van der Waals surface area contributed by atoms with Crippen molar-refractivity contribution in [3.63, 3.8) is 0 Å². The van der Waals surface area contributed by atoms with E-state index >= 15 is 0 Å². The minimum atomic E-state index is 0.0854. The van der Waals surface area contributed by atoms with Gasteiger partial charge in [-0.2, -0.15) is 5.10 Å². The Labute approximate surface area is 196 Å². The van der Waals surface area contributed by atoms with Crippen LogP contribution in [0.2, 0.25) is 0 Å². The third-order valence-electron chi connectivity index (χ3n) is 6.33. The Hall–Kier alpha value is -3.28. The molecule has 6 nitrogen and oxygen atoms in total. The number of para-hydroxylation sites is 1. The van der Waals surface area contributed by atoms with Crippen LogP contribution in [0.15, 0.2) is 54.6 Å². The second-order valence-corrected chi connectivity index (χ2v) is 8.94. The van der Waals surface area contributed by atoms with Crippen LogP contribution in [-0.4, -0.2) is 33.7 Å². The quantitative estimate of drug-likeness (QED) is 0.431. The summed E-state index contributed by atoms with van der Waals surface area (Å²) in [6.45, 7) is 6.59. The molecule has 0 spiro atoms. The second-order valence-electron chi connectivity index (χ2n) is 8.94. The minimum absolute atomic E-state index is 0.0854. The number of methoxy groups -OCH3 is 1. The number of aromatic nitrogens is 2. The molecule has 0 atom stereocenters. The van der Waals surface area contributed by atoms with Crippen LogP contribution in [0.3, 0.4) is 0 Å². The summed E-state index contributed by atoms with van der Waals surface area (Å²) in [5.41, 5.74) is 2.67. The maximum absolute atomic E-state index is 13.4. The highest BCUT2D eigenvalue weighted by Gasteiger charge is 2.31. The van der Waals surface area contributed by atoms with Crippen molar-refractivity contribution in [2.45, 2.75) is 59.0 Å². The van der Waals surface area contributed by atoms with Gasteiger partial charge in [-0.05, 0) is 57.9 Å². The molecule has 1 fully saturated rings. The third-order valence-corrected chi connectivity index (χ3v) is 6.33. The standard InChI is InChI=1S/C27H33N3O3/c1-19(2)29(26(31)21-11-8-9-12-21)18-25-20(3)28-30(22-13-6-5-7-14-22)27(25)33-24-16-10-15-23(17-24)32-4/h5-7,10,13-17,19,21H,8-9,11-12,18H2,1-4H3. The lowest BCUT2D eigenvalue weighted by atomic mass is 10.0. The largest absolute Gasteiger partial charge is 0.497 e. The van der Waals surface area contributed by atoms with Crippen molar-refractivity contribution in [1.29, 1.82) is 0 Å². The highest BCUT2D eigenvalue weighted by atomic mass is 16.5. The number of hydrogen-bond acceptors (Lipinski definition) is 4. The van der Waals surface area contributed by atoms with E-state index in [0.717, 1.165) is 48.4 Å². The Bertz CT molecular complexity index is 1090. The molecule has 33 heavy (non-hydrogen) atoms. The van der Waals surface area contributed by atoms with Crippen LogP contribution in [0.25, 0.3) is 5.69 Å². The van der Waals surface area contributed by atoms with Gasteiger partial charge in [0.05, 0.1) is 30.6 Å². The summed E-state index contributed by atoms with van der Waals surface area (Å²) >= 11 is 0. The number of carbonyl (C=O) groups is 1. The summed E-state index contributed by atoms with van der Waals surface area (Å²) in [7, 11) is 1.64. The Kier molecular flexibility index (Phi) is 7.02. The number of benzene rings is 2. The van der Waals surface area contributed by atoms with Gasteiger partial charge in [-0.15, -0.1) is 0 Å². The van der Waals surface area contributed by atoms with Gasteiger partial charge in [-0.25, -0.2) is 4.68 Å². The lowest BCUT2D eigenvalue weighted by Crippen LogP contribution is -2.39. The Balaban J connectivity index is 1.74. The molecule has 0 bridgehead atoms. The van der Waals surface area contributed by atoms with E-state index < -0.39 is 0 Å². The normalized spacial score (nSPS) is 14.0. The van der Waals surface area contributed by atoms with E-state index in [1.54, 1.807) is 7.11 Å². The Morgan fingerprint density at radius 1 is 1.09 bits per heavy atom. The van der Waals surface area contributed by atoms with Crippen LogP contribution < -0.4 is 9.47 Å². The predicted octanol–water partition coefficient (Wildman–Crippen LogP) is 5.91. The summed E-state index contributed by atoms with van der Waals surface area (Å²) in [5, 5.41) is 4.81. The number of nitrogens with zero attached hydrogens (tertiary/aromatic N) is 3. The molecular weight excluding hydrogens is 414 g/mol. The molecule has 1 amide bonds. The van der Waals surface area contributed by atoms with E-state index in [1.807, 2.05) is 71.1 Å². The number of hydrogen-bond donors (Lipinski definition) is 0. The molecule has 6 heteroatoms. The van der Waals surface area contributed by atoms with Crippen molar-refractivity contribution in [3.05, 3.63) is 65.9 Å². The molecule has 3 aromatic rings. The van der Waals surface area contributed by atoms with Gasteiger partial charge < -0.3 is 14.4 Å². The molecule has 2 aromatic carbocycles. The van der Waals surface area contributed by atoms with E-state index in [0.29, 0.717) is 18.2 Å². The van der Waals surface area contributed by atoms with Crippen molar-refractivity contribution in [3.8, 4) is 23.1 Å². The van der Waals surface area contributed by atoms with E-state index in [4.69, 9.17) is 14.6 Å². The highest BCUT2D eigenvalue weighted by molar-refractivity contribution is 5.79. The number of rotatable bonds is 8. The molecule has 0 aliphatic heterocycles. The SMILES string of the molecule is COc1cccc(Oc2c(CN(C(=O)C3CCCC3)C(C)C)c(C)nn2-c2ccccc2)c1. The Morgan fingerprint density at radius 3 is 2.45 bits per heavy atom. The summed E-state index contributed by atoms with van der Waals surface area (Å²) in [5.74, 6) is 2.36. The molecule has 0 radical (unpaired) electrons. The summed E-state index contributed by atoms with van der Waals surface area (Å²) in [4.78, 5) is 15.4. The number of amides is 1. The van der Waals surface area contributed by atoms with Crippen LogP contribution in [0.5, 0.6) is 17.4 Å². The fourth-order valence-corrected chi connectivity index (χ4v) is 4.44. The molecular formula is C27H33N3O3. The lowest BCUT2D eigenvalue weighted by molar-refractivity contribution is -0.137. The predicted molar refractivity (Wildman–Crippen MR) is 129 cm³/mol. The van der Waals surface area contributed by atoms with Crippen LogP contribution in [0.4, 0.5) is 0 Å². The monoisotopic (exact) mass is 447 g/mol. The van der Waals surface area contributed by atoms with E-state index in [9.17, 15) is 4.79 Å². The van der Waals surface area contributed by atoms with Gasteiger partial charge in [-0.3, -0.25) is 4.79 Å². The number of aryl methyl sites for hydroxylation is 1. The molecule has 1 saturated carbocycles. The molecule has 1 aliphatic carbocycles. The van der Waals surface area contributed by atoms with Crippen LogP contribution in [0, 0.1) is 12.8 Å². The van der Waals surface area contributed by atoms with E-state index in [1.165, 1.54) is 0 Å². The van der Waals surface area contributed by atoms with Gasteiger partial charge >= 0.3 is 0 Å². The zero-order valence-electron chi connectivity index (χ0n) is 20.0. The van der Waals surface area contributed by atoms with Gasteiger partial charge in [0.1, 0.15) is 11.5 Å². The Morgan fingerprint density at radius 2 is 1.79 bits per heavy atom. The van der Waals surface area contributed by atoms with Crippen molar-refractivity contribution < 1.29 is 14.3 Å². The average Bonchev–Trinajstić information content (AvgIpc) is 3.46. The molecule has 0 N–H and O–H groups in total. The molecule has 0 saturated heterocycles. The van der Waals surface area contributed by atoms with Crippen LogP contribution in [-0.2, 0) is 11.3 Å². The smallest absolute Gasteiger partial charge is 0.227 e. The van der Waals surface area contributed by atoms with E-state index in [-0.39, 0.29) is 17.9 Å². The van der Waals surface area contributed by atoms with Gasteiger partial charge in [0.2, 0.25) is 11.8 Å². The van der Waals surface area contributed by atoms with E-state index in [2.05, 4.69) is 13.8 Å². The number of carbonyl (C=O) groups excluding carboxylic acids is 1. The first-order valence-corrected chi connectivity index (χ1v) is 11.7. The third kappa shape index (κ3) is 5.05. The lowest BCUT2D eigenvalue weighted by Gasteiger charge is -2.29. The van der Waals surface area contributed by atoms with Crippen molar-refractivity contribution >= 4 is 5.91 Å². The van der Waals surface area contributed by atoms with Crippen molar-refractivity contribution in [2.75, 3.05) is 7.11 Å². The average molecular weight is 448 g/mol. The zero-order chi connectivity index (χ0) is 23.4. The molecule has 1 heterocycles. The fraction of sp³-hybridized carbons (Fsp3) is 0.407. The molecule has 0 unspecified atom stereocenters. The molecule has 1 aliphatic rings. The minimum Gasteiger partial charge on any atom is -0.497 e. The summed E-state index contributed by atoms with van der Waals surface area (Å²) in [6.07, 6.45) is 4.24. The summed E-state index contributed by atoms with van der Waals surface area (Å²) < 4.78 is 13.6. The maximum Gasteiger partial charge on any atom is 0.227 e. The first-order valence-electron chi connectivity index (χ1n) is 11.7. The molecule has 1 aromatic heterocycles. The van der Waals surface area contributed by atoms with Crippen LogP contribution in [0.1, 0.15) is 50.8 Å². The van der Waals surface area contributed by atoms with Gasteiger partial charge in [0.25, 0.3) is 0 Å². The zero-order valence-corrected chi connectivity index (χ0v) is 20.0. The topological polar surface area (TPSA) is 56.6 Å².